The predicted molar refractivity (Wildman–Crippen MR) is 79.4 cm³/mol. The highest BCUT2D eigenvalue weighted by molar-refractivity contribution is 7.90. The van der Waals surface area contributed by atoms with E-state index >= 15 is 0 Å². The molecule has 21 heavy (non-hydrogen) atoms. The maximum Gasteiger partial charge on any atom is 0.257 e. The second-order valence-electron chi connectivity index (χ2n) is 5.69. The van der Waals surface area contributed by atoms with Crippen LogP contribution in [0.2, 0.25) is 0 Å². The molecule has 0 atom stereocenters. The largest absolute Gasteiger partial charge is 0.472 e. The van der Waals surface area contributed by atoms with Crippen LogP contribution in [0.15, 0.2) is 23.0 Å². The van der Waals surface area contributed by atoms with Crippen molar-refractivity contribution >= 4 is 15.9 Å². The molecule has 0 unspecified atom stereocenters. The number of carbonyl (C=O) groups is 1. The van der Waals surface area contributed by atoms with E-state index in [9.17, 15) is 13.2 Å². The molecule has 118 valence electrons. The summed E-state index contributed by atoms with van der Waals surface area (Å²) in [5, 5.41) is -0.416. The molecular weight excluding hydrogens is 292 g/mol. The highest BCUT2D eigenvalue weighted by Gasteiger charge is 2.25. The number of likely N-dealkylation sites (tertiary alicyclic amines) is 1. The van der Waals surface area contributed by atoms with Crippen LogP contribution in [0.5, 0.6) is 0 Å². The van der Waals surface area contributed by atoms with E-state index < -0.39 is 15.3 Å². The van der Waals surface area contributed by atoms with E-state index in [1.165, 1.54) is 12.5 Å². The van der Waals surface area contributed by atoms with Gasteiger partial charge in [-0.15, -0.1) is 0 Å². The lowest BCUT2D eigenvalue weighted by molar-refractivity contribution is 0.0691. The third-order valence-corrected chi connectivity index (χ3v) is 5.67. The number of furan rings is 1. The average molecular weight is 314 g/mol. The molecule has 1 N–H and O–H groups in total. The van der Waals surface area contributed by atoms with Crippen LogP contribution in [0, 0.1) is 5.92 Å². The van der Waals surface area contributed by atoms with Crippen LogP contribution in [-0.2, 0) is 10.0 Å². The number of rotatable bonds is 5. The van der Waals surface area contributed by atoms with Crippen LogP contribution in [0.4, 0.5) is 0 Å². The molecule has 1 aromatic rings. The van der Waals surface area contributed by atoms with E-state index in [1.807, 2.05) is 0 Å². The van der Waals surface area contributed by atoms with Crippen molar-refractivity contribution in [3.8, 4) is 0 Å². The summed E-state index contributed by atoms with van der Waals surface area (Å²) in [5.74, 6) is 0.261. The molecule has 1 aliphatic rings. The van der Waals surface area contributed by atoms with Gasteiger partial charge in [0.05, 0.1) is 17.1 Å². The van der Waals surface area contributed by atoms with E-state index in [0.29, 0.717) is 25.2 Å². The normalized spacial score (nSPS) is 17.4. The van der Waals surface area contributed by atoms with Crippen molar-refractivity contribution < 1.29 is 17.6 Å². The summed E-state index contributed by atoms with van der Waals surface area (Å²) in [6.45, 7) is 5.08. The summed E-state index contributed by atoms with van der Waals surface area (Å²) in [4.78, 5) is 13.9. The SMILES string of the molecule is CC(C)S(=O)(=O)NCC1CCN(C(=O)c2ccoc2)CC1. The average Bonchev–Trinajstić information content (AvgIpc) is 2.99. The molecule has 1 aromatic heterocycles. The second kappa shape index (κ2) is 6.62. The number of hydrogen-bond acceptors (Lipinski definition) is 4. The first kappa shape index (κ1) is 16.0. The maximum absolute atomic E-state index is 12.1. The Bertz CT molecular complexity index is 558. The lowest BCUT2D eigenvalue weighted by Crippen LogP contribution is -2.42. The molecule has 1 amide bonds. The molecule has 7 heteroatoms. The van der Waals surface area contributed by atoms with Gasteiger partial charge in [0.25, 0.3) is 5.91 Å². The molecule has 6 nitrogen and oxygen atoms in total. The van der Waals surface area contributed by atoms with E-state index in [1.54, 1.807) is 24.8 Å². The standard InChI is InChI=1S/C14H22N2O4S/c1-11(2)21(18,19)15-9-12-3-6-16(7-4-12)14(17)13-5-8-20-10-13/h5,8,10-12,15H,3-4,6-7,9H2,1-2H3. The number of nitrogens with zero attached hydrogens (tertiary/aromatic N) is 1. The van der Waals surface area contributed by atoms with Crippen LogP contribution < -0.4 is 4.72 Å². The molecule has 0 bridgehead atoms. The Morgan fingerprint density at radius 3 is 2.62 bits per heavy atom. The number of nitrogens with one attached hydrogen (secondary N) is 1. The van der Waals surface area contributed by atoms with E-state index in [4.69, 9.17) is 4.42 Å². The van der Waals surface area contributed by atoms with Crippen molar-refractivity contribution in [2.45, 2.75) is 31.9 Å². The lowest BCUT2D eigenvalue weighted by atomic mass is 9.97. The summed E-state index contributed by atoms with van der Waals surface area (Å²) in [7, 11) is -3.21. The van der Waals surface area contributed by atoms with Crippen molar-refractivity contribution in [2.75, 3.05) is 19.6 Å². The monoisotopic (exact) mass is 314 g/mol. The number of hydrogen-bond donors (Lipinski definition) is 1. The summed E-state index contributed by atoms with van der Waals surface area (Å²) < 4.78 is 31.0. The summed E-state index contributed by atoms with van der Waals surface area (Å²) in [5.41, 5.74) is 0.564. The van der Waals surface area contributed by atoms with Gasteiger partial charge in [-0.2, -0.15) is 0 Å². The molecule has 0 spiro atoms. The first-order chi connectivity index (χ1) is 9.90. The van der Waals surface area contributed by atoms with E-state index in [0.717, 1.165) is 12.8 Å². The van der Waals surface area contributed by atoms with Gasteiger partial charge < -0.3 is 9.32 Å². The fraction of sp³-hybridized carbons (Fsp3) is 0.643. The van der Waals surface area contributed by atoms with Crippen LogP contribution in [-0.4, -0.2) is 44.1 Å². The van der Waals surface area contributed by atoms with Gasteiger partial charge in [0.2, 0.25) is 10.0 Å². The molecule has 2 heterocycles. The first-order valence-corrected chi connectivity index (χ1v) is 8.74. The van der Waals surface area contributed by atoms with E-state index in [-0.39, 0.29) is 11.8 Å². The second-order valence-corrected chi connectivity index (χ2v) is 8.01. The summed E-state index contributed by atoms with van der Waals surface area (Å²) >= 11 is 0. The fourth-order valence-electron chi connectivity index (χ4n) is 2.31. The van der Waals surface area contributed by atoms with Gasteiger partial charge in [0.1, 0.15) is 6.26 Å². The number of piperidine rings is 1. The third-order valence-electron chi connectivity index (χ3n) is 3.86. The van der Waals surface area contributed by atoms with Gasteiger partial charge in [-0.25, -0.2) is 13.1 Å². The summed E-state index contributed by atoms with van der Waals surface area (Å²) in [6.07, 6.45) is 4.56. The quantitative estimate of drug-likeness (QED) is 0.892. The zero-order valence-electron chi connectivity index (χ0n) is 12.4. The zero-order valence-corrected chi connectivity index (χ0v) is 13.2. The highest BCUT2D eigenvalue weighted by atomic mass is 32.2. The van der Waals surface area contributed by atoms with Crippen molar-refractivity contribution in [1.82, 2.24) is 9.62 Å². The van der Waals surface area contributed by atoms with Gasteiger partial charge in [-0.1, -0.05) is 0 Å². The van der Waals surface area contributed by atoms with Gasteiger partial charge in [0.15, 0.2) is 0 Å². The Hall–Kier alpha value is -1.34. The smallest absolute Gasteiger partial charge is 0.257 e. The van der Waals surface area contributed by atoms with Crippen LogP contribution in [0.25, 0.3) is 0 Å². The molecule has 0 radical (unpaired) electrons. The van der Waals surface area contributed by atoms with Crippen molar-refractivity contribution in [3.05, 3.63) is 24.2 Å². The number of sulfonamides is 1. The number of amides is 1. The van der Waals surface area contributed by atoms with E-state index in [2.05, 4.69) is 4.72 Å². The molecule has 1 saturated heterocycles. The molecule has 2 rings (SSSR count). The van der Waals surface area contributed by atoms with Gasteiger partial charge >= 0.3 is 0 Å². The third kappa shape index (κ3) is 4.07. The molecular formula is C14H22N2O4S. The minimum absolute atomic E-state index is 0.0232. The molecule has 1 aliphatic heterocycles. The predicted octanol–water partition coefficient (Wildman–Crippen LogP) is 1.46. The maximum atomic E-state index is 12.1. The zero-order chi connectivity index (χ0) is 15.5. The summed E-state index contributed by atoms with van der Waals surface area (Å²) in [6, 6.07) is 1.66. The van der Waals surface area contributed by atoms with Crippen LogP contribution in [0.1, 0.15) is 37.0 Å². The van der Waals surface area contributed by atoms with Gasteiger partial charge in [-0.3, -0.25) is 4.79 Å². The van der Waals surface area contributed by atoms with Crippen molar-refractivity contribution in [1.29, 1.82) is 0 Å². The van der Waals surface area contributed by atoms with Crippen LogP contribution in [0.3, 0.4) is 0 Å². The van der Waals surface area contributed by atoms with Gasteiger partial charge in [-0.05, 0) is 38.7 Å². The molecule has 0 aromatic carbocycles. The lowest BCUT2D eigenvalue weighted by Gasteiger charge is -2.32. The first-order valence-electron chi connectivity index (χ1n) is 7.20. The Kier molecular flexibility index (Phi) is 5.05. The molecule has 0 aliphatic carbocycles. The minimum Gasteiger partial charge on any atom is -0.472 e. The molecule has 1 fully saturated rings. The topological polar surface area (TPSA) is 79.6 Å². The Labute approximate surface area is 125 Å². The Morgan fingerprint density at radius 1 is 1.43 bits per heavy atom. The van der Waals surface area contributed by atoms with Crippen molar-refractivity contribution in [3.63, 3.8) is 0 Å². The Balaban J connectivity index is 1.80. The fourth-order valence-corrected chi connectivity index (χ4v) is 3.11. The van der Waals surface area contributed by atoms with Crippen molar-refractivity contribution in [2.24, 2.45) is 5.92 Å². The highest BCUT2D eigenvalue weighted by Crippen LogP contribution is 2.19. The number of carbonyl (C=O) groups excluding carboxylic acids is 1. The molecule has 0 saturated carbocycles. The minimum atomic E-state index is -3.21. The van der Waals surface area contributed by atoms with Crippen LogP contribution >= 0.6 is 0 Å². The Morgan fingerprint density at radius 2 is 2.10 bits per heavy atom. The van der Waals surface area contributed by atoms with Gasteiger partial charge in [0, 0.05) is 19.6 Å².